The smallest absolute Gasteiger partial charge is 0.256 e. The van der Waals surface area contributed by atoms with Gasteiger partial charge in [0.25, 0.3) is 5.56 Å². The van der Waals surface area contributed by atoms with E-state index in [2.05, 4.69) is 70.2 Å². The fourth-order valence-electron chi connectivity index (χ4n) is 4.94. The number of nitrogens with zero attached hydrogens (tertiary/aromatic N) is 2. The second kappa shape index (κ2) is 11.9. The number of nitrogens with one attached hydrogen (secondary N) is 1. The number of ether oxygens (including phenoxy) is 2. The summed E-state index contributed by atoms with van der Waals surface area (Å²) in [5, 5.41) is 2.55. The van der Waals surface area contributed by atoms with Crippen LogP contribution in [0.5, 0.6) is 11.5 Å². The van der Waals surface area contributed by atoms with E-state index >= 15 is 0 Å². The molecule has 0 unspecified atom stereocenters. The van der Waals surface area contributed by atoms with Crippen molar-refractivity contribution in [3.05, 3.63) is 46.8 Å². The Kier molecular flexibility index (Phi) is 9.20. The van der Waals surface area contributed by atoms with E-state index in [0.29, 0.717) is 42.8 Å². The molecule has 1 aromatic heterocycles. The lowest BCUT2D eigenvalue weighted by atomic mass is 10.1. The molecule has 0 bridgehead atoms. The molecule has 3 aromatic rings. The van der Waals surface area contributed by atoms with Crippen molar-refractivity contribution in [2.24, 2.45) is 0 Å². The number of H-pyrrole nitrogens is 1. The second-order valence-corrected chi connectivity index (χ2v) is 10.4. The van der Waals surface area contributed by atoms with Crippen LogP contribution in [0.4, 0.5) is 0 Å². The third-order valence-corrected chi connectivity index (χ3v) is 6.65. The Labute approximate surface area is 210 Å². The van der Waals surface area contributed by atoms with Gasteiger partial charge < -0.3 is 14.5 Å². The minimum absolute atomic E-state index is 0.119. The maximum atomic E-state index is 12.9. The Morgan fingerprint density at radius 3 is 1.60 bits per heavy atom. The van der Waals surface area contributed by atoms with Crippen LogP contribution in [0.25, 0.3) is 21.7 Å². The quantitative estimate of drug-likeness (QED) is 0.338. The average Bonchev–Trinajstić information content (AvgIpc) is 2.78. The van der Waals surface area contributed by atoms with Crippen molar-refractivity contribution in [2.75, 3.05) is 26.3 Å². The zero-order chi connectivity index (χ0) is 25.7. The maximum absolute atomic E-state index is 12.9. The molecule has 35 heavy (non-hydrogen) atoms. The minimum atomic E-state index is -0.119. The standard InChI is InChI=1S/C29H43N3O3/c1-19(2)31(20(3)4)13-15-34-23-9-11-25-26-12-10-24(18-28(26)30-29(33)27(25)17-23)35-16-14-32(21(5)6)22(7)8/h9-12,17-22H,13-16H2,1-8H3,(H,30,33). The summed E-state index contributed by atoms with van der Waals surface area (Å²) in [7, 11) is 0. The number of aromatic nitrogens is 1. The van der Waals surface area contributed by atoms with Gasteiger partial charge in [-0.15, -0.1) is 0 Å². The van der Waals surface area contributed by atoms with Crippen LogP contribution < -0.4 is 15.0 Å². The van der Waals surface area contributed by atoms with Gasteiger partial charge >= 0.3 is 0 Å². The van der Waals surface area contributed by atoms with Crippen LogP contribution in [0.3, 0.4) is 0 Å². The molecule has 0 saturated heterocycles. The number of hydrogen-bond acceptors (Lipinski definition) is 5. The van der Waals surface area contributed by atoms with Crippen molar-refractivity contribution >= 4 is 21.7 Å². The van der Waals surface area contributed by atoms with E-state index in [9.17, 15) is 4.79 Å². The van der Waals surface area contributed by atoms with E-state index in [-0.39, 0.29) is 5.56 Å². The van der Waals surface area contributed by atoms with E-state index in [0.717, 1.165) is 40.9 Å². The van der Waals surface area contributed by atoms with Crippen molar-refractivity contribution in [3.8, 4) is 11.5 Å². The summed E-state index contributed by atoms with van der Waals surface area (Å²) < 4.78 is 12.0. The summed E-state index contributed by atoms with van der Waals surface area (Å²) >= 11 is 0. The molecule has 192 valence electrons. The highest BCUT2D eigenvalue weighted by Crippen LogP contribution is 2.27. The normalized spacial score (nSPS) is 12.4. The number of hydrogen-bond donors (Lipinski definition) is 1. The van der Waals surface area contributed by atoms with Gasteiger partial charge in [0.1, 0.15) is 24.7 Å². The second-order valence-electron chi connectivity index (χ2n) is 10.4. The molecule has 0 amide bonds. The van der Waals surface area contributed by atoms with E-state index in [1.54, 1.807) is 0 Å². The van der Waals surface area contributed by atoms with Crippen LogP contribution in [0, 0.1) is 0 Å². The molecule has 3 rings (SSSR count). The van der Waals surface area contributed by atoms with Crippen LogP contribution in [-0.4, -0.2) is 65.3 Å². The molecule has 0 saturated carbocycles. The first-order chi connectivity index (χ1) is 16.6. The molecular formula is C29H43N3O3. The van der Waals surface area contributed by atoms with Crippen molar-refractivity contribution < 1.29 is 9.47 Å². The summed E-state index contributed by atoms with van der Waals surface area (Å²) in [6, 6.07) is 13.6. The summed E-state index contributed by atoms with van der Waals surface area (Å²) in [6.07, 6.45) is 0. The zero-order valence-corrected chi connectivity index (χ0v) is 22.7. The van der Waals surface area contributed by atoms with Crippen molar-refractivity contribution in [2.45, 2.75) is 79.6 Å². The molecule has 6 nitrogen and oxygen atoms in total. The van der Waals surface area contributed by atoms with E-state index < -0.39 is 0 Å². The molecule has 2 aromatic carbocycles. The Balaban J connectivity index is 1.74. The Morgan fingerprint density at radius 2 is 1.11 bits per heavy atom. The molecule has 0 fully saturated rings. The molecule has 1 heterocycles. The summed E-state index contributed by atoms with van der Waals surface area (Å²) in [6.45, 7) is 20.5. The average molecular weight is 482 g/mol. The highest BCUT2D eigenvalue weighted by atomic mass is 16.5. The highest BCUT2D eigenvalue weighted by Gasteiger charge is 2.15. The number of pyridine rings is 1. The topological polar surface area (TPSA) is 57.8 Å². The largest absolute Gasteiger partial charge is 0.492 e. The van der Waals surface area contributed by atoms with Crippen LogP contribution >= 0.6 is 0 Å². The van der Waals surface area contributed by atoms with Crippen molar-refractivity contribution in [1.29, 1.82) is 0 Å². The predicted octanol–water partition coefficient (Wildman–Crippen LogP) is 5.68. The summed E-state index contributed by atoms with van der Waals surface area (Å²) in [5.74, 6) is 1.48. The number of rotatable bonds is 12. The molecule has 6 heteroatoms. The van der Waals surface area contributed by atoms with Gasteiger partial charge in [-0.2, -0.15) is 0 Å². The SMILES string of the molecule is CC(C)N(CCOc1ccc2c(c1)[nH]c(=O)c1cc(OCCN(C(C)C)C(C)C)ccc12)C(C)C. The number of benzene rings is 2. The Morgan fingerprint density at radius 1 is 0.657 bits per heavy atom. The van der Waals surface area contributed by atoms with Gasteiger partial charge in [-0.3, -0.25) is 14.6 Å². The number of fused-ring (bicyclic) bond motifs is 3. The fourth-order valence-corrected chi connectivity index (χ4v) is 4.94. The Hall–Kier alpha value is -2.57. The molecule has 0 aliphatic carbocycles. The fraction of sp³-hybridized carbons (Fsp3) is 0.552. The van der Waals surface area contributed by atoms with E-state index in [1.165, 1.54) is 0 Å². The Bertz CT molecular complexity index is 1150. The highest BCUT2D eigenvalue weighted by molar-refractivity contribution is 6.05. The maximum Gasteiger partial charge on any atom is 0.256 e. The van der Waals surface area contributed by atoms with Crippen LogP contribution in [0.2, 0.25) is 0 Å². The molecule has 0 aliphatic heterocycles. The van der Waals surface area contributed by atoms with Crippen LogP contribution in [-0.2, 0) is 0 Å². The number of aromatic amines is 1. The van der Waals surface area contributed by atoms with Gasteiger partial charge in [-0.25, -0.2) is 0 Å². The summed E-state index contributed by atoms with van der Waals surface area (Å²) in [5.41, 5.74) is 0.662. The predicted molar refractivity (Wildman–Crippen MR) is 147 cm³/mol. The molecule has 0 aliphatic rings. The molecule has 1 N–H and O–H groups in total. The molecule has 0 atom stereocenters. The lowest BCUT2D eigenvalue weighted by Gasteiger charge is -2.30. The van der Waals surface area contributed by atoms with E-state index in [1.807, 2.05) is 36.4 Å². The first-order valence-corrected chi connectivity index (χ1v) is 12.9. The molecule has 0 spiro atoms. The van der Waals surface area contributed by atoms with Crippen molar-refractivity contribution in [3.63, 3.8) is 0 Å². The third kappa shape index (κ3) is 6.77. The monoisotopic (exact) mass is 481 g/mol. The molecular weight excluding hydrogens is 438 g/mol. The van der Waals surface area contributed by atoms with Gasteiger partial charge in [0.2, 0.25) is 0 Å². The van der Waals surface area contributed by atoms with Crippen LogP contribution in [0.15, 0.2) is 41.2 Å². The van der Waals surface area contributed by atoms with Gasteiger partial charge in [-0.05, 0) is 91.1 Å². The third-order valence-electron chi connectivity index (χ3n) is 6.65. The molecule has 0 radical (unpaired) electrons. The lowest BCUT2D eigenvalue weighted by molar-refractivity contribution is 0.142. The lowest BCUT2D eigenvalue weighted by Crippen LogP contribution is -2.39. The van der Waals surface area contributed by atoms with Gasteiger partial charge in [-0.1, -0.05) is 0 Å². The first-order valence-electron chi connectivity index (χ1n) is 12.9. The van der Waals surface area contributed by atoms with Crippen LogP contribution in [0.1, 0.15) is 55.4 Å². The van der Waals surface area contributed by atoms with Gasteiger partial charge in [0.15, 0.2) is 0 Å². The van der Waals surface area contributed by atoms with Gasteiger partial charge in [0, 0.05) is 48.7 Å². The zero-order valence-electron chi connectivity index (χ0n) is 22.7. The first kappa shape index (κ1) is 27.0. The van der Waals surface area contributed by atoms with Gasteiger partial charge in [0.05, 0.1) is 10.9 Å². The minimum Gasteiger partial charge on any atom is -0.492 e. The summed E-state index contributed by atoms with van der Waals surface area (Å²) in [4.78, 5) is 20.7. The van der Waals surface area contributed by atoms with E-state index in [4.69, 9.17) is 9.47 Å². The van der Waals surface area contributed by atoms with Crippen molar-refractivity contribution in [1.82, 2.24) is 14.8 Å².